The van der Waals surface area contributed by atoms with E-state index in [4.69, 9.17) is 15.4 Å². The molecular formula is C9H12ClN3O5S. The van der Waals surface area contributed by atoms with Crippen molar-refractivity contribution in [3.05, 3.63) is 16.3 Å². The fourth-order valence-corrected chi connectivity index (χ4v) is 2.89. The van der Waals surface area contributed by atoms with Crippen LogP contribution in [0.4, 0.5) is 5.82 Å². The first-order valence-electron chi connectivity index (χ1n) is 5.62. The van der Waals surface area contributed by atoms with E-state index in [0.29, 0.717) is 19.8 Å². The third-order valence-corrected chi connectivity index (χ3v) is 4.24. The summed E-state index contributed by atoms with van der Waals surface area (Å²) < 4.78 is 29.0. The van der Waals surface area contributed by atoms with Crippen LogP contribution in [0.15, 0.2) is 11.1 Å². The molecule has 0 N–H and O–H groups in total. The molecule has 0 unspecified atom stereocenters. The Morgan fingerprint density at radius 3 is 2.63 bits per heavy atom. The molecule has 0 spiro atoms. The van der Waals surface area contributed by atoms with E-state index in [1.165, 1.54) is 4.68 Å². The minimum Gasteiger partial charge on any atom is -0.381 e. The Labute approximate surface area is 113 Å². The fourth-order valence-electron chi connectivity index (χ4n) is 1.98. The van der Waals surface area contributed by atoms with Crippen molar-refractivity contribution in [1.82, 2.24) is 9.78 Å². The largest absolute Gasteiger partial charge is 0.410 e. The smallest absolute Gasteiger partial charge is 0.381 e. The average molecular weight is 310 g/mol. The van der Waals surface area contributed by atoms with Crippen LogP contribution in [0.25, 0.3) is 0 Å². The van der Waals surface area contributed by atoms with Crippen LogP contribution in [0.1, 0.15) is 12.8 Å². The van der Waals surface area contributed by atoms with Crippen LogP contribution < -0.4 is 0 Å². The highest BCUT2D eigenvalue weighted by Gasteiger charge is 2.30. The number of halogens is 1. The molecule has 2 heterocycles. The number of nitro groups is 1. The predicted molar refractivity (Wildman–Crippen MR) is 65.5 cm³/mol. The lowest BCUT2D eigenvalue weighted by Gasteiger charge is -2.20. The van der Waals surface area contributed by atoms with Gasteiger partial charge in [0.05, 0.1) is 17.8 Å². The molecule has 0 aliphatic carbocycles. The summed E-state index contributed by atoms with van der Waals surface area (Å²) in [5.74, 6) is -0.471. The molecule has 0 radical (unpaired) electrons. The molecule has 1 aliphatic heterocycles. The standard InChI is InChI=1S/C9H12ClN3O5S/c10-19(16,17)8-6-12(11-9(8)13(14)15)5-7-1-3-18-4-2-7/h6-7H,1-5H2. The van der Waals surface area contributed by atoms with Crippen molar-refractivity contribution >= 4 is 25.6 Å². The Kier molecular flexibility index (Phi) is 4.07. The van der Waals surface area contributed by atoms with Gasteiger partial charge in [0, 0.05) is 23.9 Å². The number of ether oxygens (including phenoxy) is 1. The first-order valence-corrected chi connectivity index (χ1v) is 7.93. The molecule has 19 heavy (non-hydrogen) atoms. The topological polar surface area (TPSA) is 104 Å². The average Bonchev–Trinajstić information content (AvgIpc) is 2.74. The van der Waals surface area contributed by atoms with Gasteiger partial charge in [-0.3, -0.25) is 0 Å². The Morgan fingerprint density at radius 1 is 1.53 bits per heavy atom. The van der Waals surface area contributed by atoms with E-state index >= 15 is 0 Å². The fraction of sp³-hybridized carbons (Fsp3) is 0.667. The van der Waals surface area contributed by atoms with Gasteiger partial charge in [0.25, 0.3) is 9.05 Å². The lowest BCUT2D eigenvalue weighted by Crippen LogP contribution is -2.20. The van der Waals surface area contributed by atoms with Gasteiger partial charge < -0.3 is 14.9 Å². The summed E-state index contributed by atoms with van der Waals surface area (Å²) in [5.41, 5.74) is 0. The SMILES string of the molecule is O=[N+]([O-])c1nn(CC2CCOCC2)cc1S(=O)(=O)Cl. The van der Waals surface area contributed by atoms with Gasteiger partial charge in [0.15, 0.2) is 0 Å². The van der Waals surface area contributed by atoms with Crippen molar-refractivity contribution in [1.29, 1.82) is 0 Å². The number of aromatic nitrogens is 2. The molecule has 10 heteroatoms. The number of hydrogen-bond acceptors (Lipinski definition) is 6. The van der Waals surface area contributed by atoms with Crippen molar-refractivity contribution in [2.45, 2.75) is 24.3 Å². The maximum atomic E-state index is 11.3. The summed E-state index contributed by atoms with van der Waals surface area (Å²) in [4.78, 5) is 9.35. The summed E-state index contributed by atoms with van der Waals surface area (Å²) in [5, 5.41) is 14.4. The van der Waals surface area contributed by atoms with Gasteiger partial charge in [-0.15, -0.1) is 0 Å². The number of nitrogens with zero attached hydrogens (tertiary/aromatic N) is 3. The normalized spacial score (nSPS) is 17.5. The van der Waals surface area contributed by atoms with Crippen molar-refractivity contribution in [3.63, 3.8) is 0 Å². The van der Waals surface area contributed by atoms with Crippen LogP contribution in [-0.2, 0) is 20.3 Å². The molecule has 8 nitrogen and oxygen atoms in total. The lowest BCUT2D eigenvalue weighted by molar-refractivity contribution is -0.392. The van der Waals surface area contributed by atoms with E-state index in [1.54, 1.807) is 0 Å². The Balaban J connectivity index is 2.25. The molecule has 0 bridgehead atoms. The van der Waals surface area contributed by atoms with Gasteiger partial charge in [0.2, 0.25) is 4.90 Å². The maximum Gasteiger partial charge on any atom is 0.410 e. The molecule has 106 valence electrons. The van der Waals surface area contributed by atoms with Crippen LogP contribution in [0, 0.1) is 16.0 Å². The second kappa shape index (κ2) is 5.43. The molecular weight excluding hydrogens is 298 g/mol. The summed E-state index contributed by atoms with van der Waals surface area (Å²) in [7, 11) is 0.982. The highest BCUT2D eigenvalue weighted by Crippen LogP contribution is 2.26. The van der Waals surface area contributed by atoms with Gasteiger partial charge >= 0.3 is 5.82 Å². The van der Waals surface area contributed by atoms with Crippen LogP contribution >= 0.6 is 10.7 Å². The van der Waals surface area contributed by atoms with Gasteiger partial charge in [-0.1, -0.05) is 0 Å². The summed E-state index contributed by atoms with van der Waals surface area (Å²) in [6, 6.07) is 0. The highest BCUT2D eigenvalue weighted by molar-refractivity contribution is 8.13. The molecule has 0 aromatic carbocycles. The van der Waals surface area contributed by atoms with Crippen LogP contribution in [0.2, 0.25) is 0 Å². The van der Waals surface area contributed by atoms with Crippen molar-refractivity contribution in [2.75, 3.05) is 13.2 Å². The zero-order chi connectivity index (χ0) is 14.0. The van der Waals surface area contributed by atoms with Gasteiger partial charge in [-0.05, 0) is 23.7 Å². The van der Waals surface area contributed by atoms with Gasteiger partial charge in [-0.25, -0.2) is 8.42 Å². The van der Waals surface area contributed by atoms with E-state index in [2.05, 4.69) is 5.10 Å². The summed E-state index contributed by atoms with van der Waals surface area (Å²) in [6.45, 7) is 1.68. The van der Waals surface area contributed by atoms with Crippen molar-refractivity contribution < 1.29 is 18.1 Å². The second-order valence-corrected chi connectivity index (χ2v) is 6.82. The summed E-state index contributed by atoms with van der Waals surface area (Å²) >= 11 is 0. The second-order valence-electron chi connectivity index (χ2n) is 4.29. The van der Waals surface area contributed by atoms with Crippen LogP contribution in [-0.4, -0.2) is 36.3 Å². The van der Waals surface area contributed by atoms with Gasteiger partial charge in [-0.2, -0.15) is 4.68 Å². The number of rotatable bonds is 4. The van der Waals surface area contributed by atoms with Crippen molar-refractivity contribution in [2.24, 2.45) is 5.92 Å². The van der Waals surface area contributed by atoms with E-state index in [0.717, 1.165) is 19.0 Å². The summed E-state index contributed by atoms with van der Waals surface area (Å²) in [6.07, 6.45) is 2.74. The van der Waals surface area contributed by atoms with E-state index in [1.807, 2.05) is 0 Å². The zero-order valence-corrected chi connectivity index (χ0v) is 11.4. The molecule has 0 amide bonds. The van der Waals surface area contributed by atoms with E-state index in [-0.39, 0.29) is 5.92 Å². The Hall–Kier alpha value is -1.19. The van der Waals surface area contributed by atoms with Gasteiger partial charge in [0.1, 0.15) is 0 Å². The van der Waals surface area contributed by atoms with E-state index in [9.17, 15) is 18.5 Å². The quantitative estimate of drug-likeness (QED) is 0.469. The highest BCUT2D eigenvalue weighted by atomic mass is 35.7. The first kappa shape index (κ1) is 14.2. The minimum atomic E-state index is -4.18. The number of hydrogen-bond donors (Lipinski definition) is 0. The minimum absolute atomic E-state index is 0.263. The van der Waals surface area contributed by atoms with Crippen molar-refractivity contribution in [3.8, 4) is 0 Å². The van der Waals surface area contributed by atoms with Crippen LogP contribution in [0.3, 0.4) is 0 Å². The Bertz CT molecular complexity index is 579. The maximum absolute atomic E-state index is 11.3. The molecule has 1 aromatic rings. The molecule has 1 aromatic heterocycles. The van der Waals surface area contributed by atoms with E-state index < -0.39 is 24.7 Å². The monoisotopic (exact) mass is 309 g/mol. The molecule has 2 rings (SSSR count). The molecule has 0 saturated carbocycles. The Morgan fingerprint density at radius 2 is 2.16 bits per heavy atom. The molecule has 0 atom stereocenters. The predicted octanol–water partition coefficient (Wildman–Crippen LogP) is 1.15. The zero-order valence-electron chi connectivity index (χ0n) is 9.86. The molecule has 1 saturated heterocycles. The molecule has 1 fully saturated rings. The molecule has 1 aliphatic rings. The first-order chi connectivity index (χ1) is 8.88. The lowest BCUT2D eigenvalue weighted by atomic mass is 10.0. The third kappa shape index (κ3) is 3.43. The third-order valence-electron chi connectivity index (χ3n) is 2.93. The van der Waals surface area contributed by atoms with Crippen LogP contribution in [0.5, 0.6) is 0 Å².